The normalized spacial score (nSPS) is 39.6. The molecule has 0 amide bonds. The monoisotopic (exact) mass is 268 g/mol. The second-order valence-corrected chi connectivity index (χ2v) is 7.74. The predicted octanol–water partition coefficient (Wildman–Crippen LogP) is 4.06. The summed E-state index contributed by atoms with van der Waals surface area (Å²) in [6, 6.07) is 0.593. The van der Waals surface area contributed by atoms with Crippen molar-refractivity contribution in [2.75, 3.05) is 6.54 Å². The molecule has 0 spiro atoms. The molecule has 0 aromatic heterocycles. The molecule has 2 rings (SSSR count). The van der Waals surface area contributed by atoms with Crippen LogP contribution in [0.2, 0.25) is 0 Å². The Morgan fingerprint density at radius 3 is 2.56 bits per heavy atom. The fraction of sp³-hybridized carbons (Fsp3) is 0.933. The van der Waals surface area contributed by atoms with Gasteiger partial charge < -0.3 is 5.32 Å². The average Bonchev–Trinajstić information content (AvgIpc) is 2.30. The largest absolute Gasteiger partial charge is 0.362 e. The van der Waals surface area contributed by atoms with Gasteiger partial charge in [-0.15, -0.1) is 0 Å². The van der Waals surface area contributed by atoms with Gasteiger partial charge in [0, 0.05) is 17.8 Å². The molecule has 1 aliphatic heterocycles. The molecule has 2 atom stereocenters. The minimum atomic E-state index is 0.593. The van der Waals surface area contributed by atoms with Crippen molar-refractivity contribution in [3.8, 4) is 0 Å². The summed E-state index contributed by atoms with van der Waals surface area (Å²) in [6.07, 6.45) is 8.27. The predicted molar refractivity (Wildman–Crippen MR) is 82.3 cm³/mol. The summed E-state index contributed by atoms with van der Waals surface area (Å²) in [6.45, 7) is 7.98. The van der Waals surface area contributed by atoms with Crippen LogP contribution in [-0.4, -0.2) is 23.0 Å². The number of aliphatic imine (C=N–C) groups is 1. The first kappa shape index (κ1) is 14.2. The molecule has 104 valence electrons. The number of hydrogen-bond acceptors (Lipinski definition) is 2. The van der Waals surface area contributed by atoms with E-state index in [0.717, 1.165) is 23.6 Å². The second kappa shape index (κ2) is 6.83. The standard InChI is InChI=1S/C15H28N2S/c1-11-4-6-14(7-5-11)8-9-16-15-17-12(2)10-13(3)18-15/h11-14H,4-10H2,1-3H3,(H,16,17). The zero-order chi connectivity index (χ0) is 13.0. The van der Waals surface area contributed by atoms with Crippen molar-refractivity contribution < 1.29 is 0 Å². The molecule has 2 unspecified atom stereocenters. The summed E-state index contributed by atoms with van der Waals surface area (Å²) in [7, 11) is 0. The summed E-state index contributed by atoms with van der Waals surface area (Å²) >= 11 is 1.92. The molecule has 0 aromatic rings. The molecule has 2 aliphatic rings. The van der Waals surface area contributed by atoms with Crippen LogP contribution in [0.3, 0.4) is 0 Å². The molecule has 18 heavy (non-hydrogen) atoms. The van der Waals surface area contributed by atoms with Crippen LogP contribution in [0.25, 0.3) is 0 Å². The van der Waals surface area contributed by atoms with Crippen molar-refractivity contribution in [3.05, 3.63) is 0 Å². The molecule has 0 bridgehead atoms. The molecule has 2 nitrogen and oxygen atoms in total. The quantitative estimate of drug-likeness (QED) is 0.834. The van der Waals surface area contributed by atoms with Gasteiger partial charge in [0.1, 0.15) is 0 Å². The van der Waals surface area contributed by atoms with E-state index in [1.54, 1.807) is 0 Å². The molecular weight excluding hydrogens is 240 g/mol. The molecule has 0 radical (unpaired) electrons. The highest BCUT2D eigenvalue weighted by atomic mass is 32.2. The van der Waals surface area contributed by atoms with Gasteiger partial charge in [-0.05, 0) is 31.6 Å². The minimum absolute atomic E-state index is 0.593. The lowest BCUT2D eigenvalue weighted by molar-refractivity contribution is 0.280. The van der Waals surface area contributed by atoms with Gasteiger partial charge >= 0.3 is 0 Å². The third-order valence-electron chi connectivity index (χ3n) is 4.30. The van der Waals surface area contributed by atoms with Gasteiger partial charge in [0.15, 0.2) is 5.17 Å². The Morgan fingerprint density at radius 1 is 1.17 bits per heavy atom. The van der Waals surface area contributed by atoms with Crippen LogP contribution in [0.4, 0.5) is 0 Å². The number of thioether (sulfide) groups is 1. The Balaban J connectivity index is 1.70. The molecule has 0 aromatic carbocycles. The zero-order valence-corrected chi connectivity index (χ0v) is 12.9. The summed E-state index contributed by atoms with van der Waals surface area (Å²) in [5, 5.41) is 5.41. The highest BCUT2D eigenvalue weighted by molar-refractivity contribution is 8.14. The molecule has 1 aliphatic carbocycles. The molecule has 1 heterocycles. The van der Waals surface area contributed by atoms with Gasteiger partial charge in [0.05, 0.1) is 0 Å². The highest BCUT2D eigenvalue weighted by Crippen LogP contribution is 2.30. The van der Waals surface area contributed by atoms with Gasteiger partial charge in [0.25, 0.3) is 0 Å². The first-order valence-corrected chi connectivity index (χ1v) is 8.49. The maximum atomic E-state index is 4.77. The fourth-order valence-electron chi connectivity index (χ4n) is 3.09. The maximum Gasteiger partial charge on any atom is 0.157 e. The van der Waals surface area contributed by atoms with Gasteiger partial charge in [-0.1, -0.05) is 51.3 Å². The fourth-order valence-corrected chi connectivity index (χ4v) is 4.29. The average molecular weight is 268 g/mol. The molecule has 1 saturated carbocycles. The Bertz CT molecular complexity index is 270. The van der Waals surface area contributed by atoms with E-state index < -0.39 is 0 Å². The zero-order valence-electron chi connectivity index (χ0n) is 12.1. The highest BCUT2D eigenvalue weighted by Gasteiger charge is 2.20. The van der Waals surface area contributed by atoms with Crippen LogP contribution in [0.5, 0.6) is 0 Å². The number of hydrogen-bond donors (Lipinski definition) is 1. The van der Waals surface area contributed by atoms with E-state index in [-0.39, 0.29) is 0 Å². The number of amidine groups is 1. The van der Waals surface area contributed by atoms with E-state index in [1.807, 2.05) is 11.8 Å². The third kappa shape index (κ3) is 4.49. The minimum Gasteiger partial charge on any atom is -0.362 e. The van der Waals surface area contributed by atoms with Gasteiger partial charge in [-0.25, -0.2) is 0 Å². The maximum absolute atomic E-state index is 4.77. The summed E-state index contributed by atoms with van der Waals surface area (Å²) in [5.41, 5.74) is 0. The molecule has 3 heteroatoms. The smallest absolute Gasteiger partial charge is 0.157 e. The van der Waals surface area contributed by atoms with E-state index in [4.69, 9.17) is 4.99 Å². The molecule has 2 fully saturated rings. The van der Waals surface area contributed by atoms with Crippen LogP contribution in [-0.2, 0) is 0 Å². The van der Waals surface area contributed by atoms with E-state index >= 15 is 0 Å². The summed E-state index contributed by atoms with van der Waals surface area (Å²) in [5.74, 6) is 1.90. The van der Waals surface area contributed by atoms with Crippen molar-refractivity contribution in [2.24, 2.45) is 16.8 Å². The first-order chi connectivity index (χ1) is 8.63. The molecular formula is C15H28N2S. The Labute approximate surface area is 116 Å². The topological polar surface area (TPSA) is 24.4 Å². The SMILES string of the molecule is CC1CCC(CCN=C2NC(C)CC(C)S2)CC1. The van der Waals surface area contributed by atoms with E-state index in [2.05, 4.69) is 26.1 Å². The molecule has 1 N–H and O–H groups in total. The van der Waals surface area contributed by atoms with E-state index in [1.165, 1.54) is 43.7 Å². The van der Waals surface area contributed by atoms with Crippen LogP contribution in [0, 0.1) is 11.8 Å². The number of nitrogens with zero attached hydrogens (tertiary/aromatic N) is 1. The third-order valence-corrected chi connectivity index (χ3v) is 5.36. The molecule has 1 saturated heterocycles. The summed E-state index contributed by atoms with van der Waals surface area (Å²) in [4.78, 5) is 4.77. The van der Waals surface area contributed by atoms with Crippen LogP contribution < -0.4 is 5.32 Å². The Morgan fingerprint density at radius 2 is 1.89 bits per heavy atom. The Hall–Kier alpha value is -0.180. The lowest BCUT2D eigenvalue weighted by Gasteiger charge is -2.28. The lowest BCUT2D eigenvalue weighted by Crippen LogP contribution is -2.38. The van der Waals surface area contributed by atoms with Gasteiger partial charge in [0.2, 0.25) is 0 Å². The van der Waals surface area contributed by atoms with Crippen molar-refractivity contribution in [3.63, 3.8) is 0 Å². The van der Waals surface area contributed by atoms with Crippen molar-refractivity contribution in [1.82, 2.24) is 5.32 Å². The van der Waals surface area contributed by atoms with Crippen molar-refractivity contribution >= 4 is 16.9 Å². The Kier molecular flexibility index (Phi) is 5.40. The van der Waals surface area contributed by atoms with Gasteiger partial charge in [-0.2, -0.15) is 0 Å². The lowest BCUT2D eigenvalue weighted by atomic mass is 9.81. The van der Waals surface area contributed by atoms with E-state index in [0.29, 0.717) is 6.04 Å². The van der Waals surface area contributed by atoms with Crippen LogP contribution in [0.15, 0.2) is 4.99 Å². The van der Waals surface area contributed by atoms with Gasteiger partial charge in [-0.3, -0.25) is 4.99 Å². The second-order valence-electron chi connectivity index (χ2n) is 6.31. The van der Waals surface area contributed by atoms with Crippen LogP contribution in [0.1, 0.15) is 59.3 Å². The number of nitrogens with one attached hydrogen (secondary N) is 1. The summed E-state index contributed by atoms with van der Waals surface area (Å²) < 4.78 is 0. The first-order valence-electron chi connectivity index (χ1n) is 7.61. The number of rotatable bonds is 3. The van der Waals surface area contributed by atoms with Crippen molar-refractivity contribution in [2.45, 2.75) is 70.6 Å². The van der Waals surface area contributed by atoms with E-state index in [9.17, 15) is 0 Å². The van der Waals surface area contributed by atoms with Crippen LogP contribution >= 0.6 is 11.8 Å². The van der Waals surface area contributed by atoms with Crippen molar-refractivity contribution in [1.29, 1.82) is 0 Å².